The van der Waals surface area contributed by atoms with Gasteiger partial charge in [0, 0.05) is 18.8 Å². The van der Waals surface area contributed by atoms with E-state index in [2.05, 4.69) is 29.0 Å². The minimum Gasteiger partial charge on any atom is -0.485 e. The van der Waals surface area contributed by atoms with Crippen molar-refractivity contribution in [2.24, 2.45) is 5.92 Å². The number of hydrogen-bond donors (Lipinski definition) is 1. The number of ether oxygens (including phenoxy) is 1. The van der Waals surface area contributed by atoms with Crippen LogP contribution in [0, 0.1) is 24.5 Å². The Labute approximate surface area is 180 Å². The zero-order valence-electron chi connectivity index (χ0n) is 18.4. The molecule has 6 nitrogen and oxygen atoms in total. The normalized spacial score (nSPS) is 12.5. The van der Waals surface area contributed by atoms with Gasteiger partial charge in [0.1, 0.15) is 23.9 Å². The Hall–Kier alpha value is -3.00. The van der Waals surface area contributed by atoms with E-state index in [0.717, 1.165) is 0 Å². The number of pyridine rings is 1. The quantitative estimate of drug-likeness (QED) is 0.590. The third kappa shape index (κ3) is 4.85. The number of aromatic nitrogens is 2. The molecular weight excluding hydrogens is 402 g/mol. The summed E-state index contributed by atoms with van der Waals surface area (Å²) in [6.45, 7) is 6.17. The maximum absolute atomic E-state index is 13.9. The lowest BCUT2D eigenvalue weighted by atomic mass is 10.0. The molecule has 0 aliphatic rings. The van der Waals surface area contributed by atoms with Gasteiger partial charge in [-0.1, -0.05) is 19.9 Å². The average Bonchev–Trinajstić information content (AvgIpc) is 3.03. The third-order valence-electron chi connectivity index (χ3n) is 5.34. The number of benzene rings is 1. The van der Waals surface area contributed by atoms with E-state index < -0.39 is 11.6 Å². The Morgan fingerprint density at radius 2 is 1.87 bits per heavy atom. The number of hydrogen-bond acceptors (Lipinski definition) is 4. The number of carbonyl (C=O) groups excluding carboxylic acids is 1. The van der Waals surface area contributed by atoms with Gasteiger partial charge in [0.2, 0.25) is 0 Å². The van der Waals surface area contributed by atoms with Crippen LogP contribution in [-0.4, -0.2) is 46.9 Å². The molecule has 0 aliphatic heterocycles. The highest BCUT2D eigenvalue weighted by Gasteiger charge is 2.22. The van der Waals surface area contributed by atoms with Gasteiger partial charge in [-0.25, -0.2) is 13.8 Å². The SMILES string of the molecule is Cc1nc2c(OCc3c(F)cccc3F)cccn2c1C(=O)NCC(C(C)C)N(C)C. The second-order valence-corrected chi connectivity index (χ2v) is 8.09. The number of nitrogens with one attached hydrogen (secondary N) is 1. The van der Waals surface area contributed by atoms with E-state index in [1.54, 1.807) is 29.7 Å². The van der Waals surface area contributed by atoms with Crippen molar-refractivity contribution in [2.75, 3.05) is 20.6 Å². The van der Waals surface area contributed by atoms with E-state index in [1.807, 2.05) is 14.1 Å². The Bertz CT molecular complexity index is 1050. The lowest BCUT2D eigenvalue weighted by Crippen LogP contribution is -2.43. The van der Waals surface area contributed by atoms with Gasteiger partial charge in [0.05, 0.1) is 11.3 Å². The summed E-state index contributed by atoms with van der Waals surface area (Å²) >= 11 is 0. The number of imidazole rings is 1. The van der Waals surface area contributed by atoms with E-state index in [-0.39, 0.29) is 24.1 Å². The molecule has 0 fully saturated rings. The summed E-state index contributed by atoms with van der Waals surface area (Å²) in [5.41, 5.74) is 1.19. The molecule has 3 rings (SSSR count). The molecule has 0 saturated heterocycles. The highest BCUT2D eigenvalue weighted by molar-refractivity contribution is 5.95. The van der Waals surface area contributed by atoms with Crippen molar-refractivity contribution in [1.29, 1.82) is 0 Å². The second-order valence-electron chi connectivity index (χ2n) is 8.09. The lowest BCUT2D eigenvalue weighted by Gasteiger charge is -2.28. The van der Waals surface area contributed by atoms with Gasteiger partial charge in [0.25, 0.3) is 5.91 Å². The fraction of sp³-hybridized carbons (Fsp3) is 0.391. The first-order valence-electron chi connectivity index (χ1n) is 10.2. The number of carbonyl (C=O) groups is 1. The van der Waals surface area contributed by atoms with Gasteiger partial charge in [-0.05, 0) is 51.2 Å². The molecule has 3 aromatic rings. The molecule has 1 atom stereocenters. The molecule has 2 heterocycles. The molecule has 8 heteroatoms. The van der Waals surface area contributed by atoms with Crippen LogP contribution in [0.15, 0.2) is 36.5 Å². The fourth-order valence-electron chi connectivity index (χ4n) is 3.66. The van der Waals surface area contributed by atoms with E-state index in [9.17, 15) is 13.6 Å². The summed E-state index contributed by atoms with van der Waals surface area (Å²) in [6.07, 6.45) is 1.71. The molecule has 0 aliphatic carbocycles. The first-order valence-corrected chi connectivity index (χ1v) is 10.2. The number of fused-ring (bicyclic) bond motifs is 1. The van der Waals surface area contributed by atoms with Crippen LogP contribution >= 0.6 is 0 Å². The molecule has 166 valence electrons. The van der Waals surface area contributed by atoms with Crippen molar-refractivity contribution in [3.05, 3.63) is 65.1 Å². The van der Waals surface area contributed by atoms with Gasteiger partial charge < -0.3 is 15.0 Å². The molecule has 1 aromatic carbocycles. The van der Waals surface area contributed by atoms with Crippen LogP contribution in [0.4, 0.5) is 8.78 Å². The maximum Gasteiger partial charge on any atom is 0.270 e. The Morgan fingerprint density at radius 3 is 2.48 bits per heavy atom. The van der Waals surface area contributed by atoms with Gasteiger partial charge in [-0.3, -0.25) is 9.20 Å². The number of likely N-dealkylation sites (N-methyl/N-ethyl adjacent to an activating group) is 1. The first-order chi connectivity index (χ1) is 14.7. The molecule has 1 unspecified atom stereocenters. The summed E-state index contributed by atoms with van der Waals surface area (Å²) in [6, 6.07) is 7.22. The smallest absolute Gasteiger partial charge is 0.270 e. The highest BCUT2D eigenvalue weighted by atomic mass is 19.1. The van der Waals surface area contributed by atoms with Gasteiger partial charge in [-0.15, -0.1) is 0 Å². The van der Waals surface area contributed by atoms with Crippen molar-refractivity contribution in [3.63, 3.8) is 0 Å². The topological polar surface area (TPSA) is 58.9 Å². The summed E-state index contributed by atoms with van der Waals surface area (Å²) in [7, 11) is 3.97. The molecule has 0 saturated carbocycles. The predicted octanol–water partition coefficient (Wildman–Crippen LogP) is 3.82. The van der Waals surface area contributed by atoms with Crippen molar-refractivity contribution in [3.8, 4) is 5.75 Å². The van der Waals surface area contributed by atoms with Gasteiger partial charge in [0.15, 0.2) is 11.4 Å². The van der Waals surface area contributed by atoms with E-state index in [1.165, 1.54) is 18.2 Å². The van der Waals surface area contributed by atoms with Crippen molar-refractivity contribution in [2.45, 2.75) is 33.4 Å². The Balaban J connectivity index is 1.84. The lowest BCUT2D eigenvalue weighted by molar-refractivity contribution is 0.0928. The number of amides is 1. The molecule has 2 aromatic heterocycles. The van der Waals surface area contributed by atoms with Crippen LogP contribution in [0.5, 0.6) is 5.75 Å². The molecule has 0 radical (unpaired) electrons. The van der Waals surface area contributed by atoms with Crippen LogP contribution in [-0.2, 0) is 6.61 Å². The first kappa shape index (κ1) is 22.7. The number of nitrogens with zero attached hydrogens (tertiary/aromatic N) is 3. The molecular formula is C23H28F2N4O2. The zero-order valence-corrected chi connectivity index (χ0v) is 18.4. The molecule has 1 N–H and O–H groups in total. The van der Waals surface area contributed by atoms with E-state index in [0.29, 0.717) is 35.2 Å². The summed E-state index contributed by atoms with van der Waals surface area (Å²) in [5, 5.41) is 2.99. The minimum absolute atomic E-state index is 0.158. The van der Waals surface area contributed by atoms with Crippen molar-refractivity contribution < 1.29 is 18.3 Å². The molecule has 0 spiro atoms. The molecule has 1 amide bonds. The standard InChI is InChI=1S/C23H28F2N4O2/c1-14(2)19(28(4)5)12-26-23(30)21-15(3)27-22-20(10-7-11-29(21)22)31-13-16-17(24)8-6-9-18(16)25/h6-11,14,19H,12-13H2,1-5H3,(H,26,30). The highest BCUT2D eigenvalue weighted by Crippen LogP contribution is 2.24. The number of rotatable bonds is 8. The minimum atomic E-state index is -0.674. The van der Waals surface area contributed by atoms with Crippen LogP contribution in [0.2, 0.25) is 0 Å². The van der Waals surface area contributed by atoms with Crippen LogP contribution < -0.4 is 10.1 Å². The van der Waals surface area contributed by atoms with Gasteiger partial charge in [-0.2, -0.15) is 0 Å². The number of halogens is 2. The Morgan fingerprint density at radius 1 is 1.19 bits per heavy atom. The van der Waals surface area contributed by atoms with Crippen LogP contribution in [0.3, 0.4) is 0 Å². The van der Waals surface area contributed by atoms with E-state index in [4.69, 9.17) is 4.74 Å². The molecule has 0 bridgehead atoms. The largest absolute Gasteiger partial charge is 0.485 e. The van der Waals surface area contributed by atoms with Crippen molar-refractivity contribution in [1.82, 2.24) is 19.6 Å². The monoisotopic (exact) mass is 430 g/mol. The van der Waals surface area contributed by atoms with Crippen LogP contribution in [0.1, 0.15) is 35.6 Å². The van der Waals surface area contributed by atoms with E-state index >= 15 is 0 Å². The third-order valence-corrected chi connectivity index (χ3v) is 5.34. The summed E-state index contributed by atoms with van der Waals surface area (Å²) in [4.78, 5) is 19.5. The zero-order chi connectivity index (χ0) is 22.7. The van der Waals surface area contributed by atoms with Crippen molar-refractivity contribution >= 4 is 11.6 Å². The summed E-state index contributed by atoms with van der Waals surface area (Å²) < 4.78 is 35.1. The fourth-order valence-corrected chi connectivity index (χ4v) is 3.66. The van der Waals surface area contributed by atoms with Gasteiger partial charge >= 0.3 is 0 Å². The number of aryl methyl sites for hydroxylation is 1. The summed E-state index contributed by atoms with van der Waals surface area (Å²) in [5.74, 6) is -0.882. The molecule has 31 heavy (non-hydrogen) atoms. The average molecular weight is 430 g/mol. The predicted molar refractivity (Wildman–Crippen MR) is 115 cm³/mol. The second kappa shape index (κ2) is 9.43. The Kier molecular flexibility index (Phi) is 6.90. The maximum atomic E-state index is 13.9. The van der Waals surface area contributed by atoms with Crippen LogP contribution in [0.25, 0.3) is 5.65 Å².